The van der Waals surface area contributed by atoms with Crippen molar-refractivity contribution < 1.29 is 0 Å². The fourth-order valence-electron chi connectivity index (χ4n) is 0.948. The maximum absolute atomic E-state index is 8.70. The lowest BCUT2D eigenvalue weighted by Crippen LogP contribution is -2.25. The number of thiophene rings is 1. The predicted molar refractivity (Wildman–Crippen MR) is 58.6 cm³/mol. The summed E-state index contributed by atoms with van der Waals surface area (Å²) in [4.78, 5) is 1.24. The maximum Gasteiger partial charge on any atom is 0.0953 e. The summed E-state index contributed by atoms with van der Waals surface area (Å²) in [7, 11) is 0. The van der Waals surface area contributed by atoms with E-state index in [0.717, 1.165) is 17.4 Å². The minimum absolute atomic E-state index is 0.0333. The van der Waals surface area contributed by atoms with Gasteiger partial charge in [-0.05, 0) is 33.8 Å². The second-order valence-corrected chi connectivity index (χ2v) is 4.52. The summed E-state index contributed by atoms with van der Waals surface area (Å²) in [5.74, 6) is 0. The molecule has 0 aliphatic heterocycles. The summed E-state index contributed by atoms with van der Waals surface area (Å²) in [6, 6.07) is 4.20. The van der Waals surface area contributed by atoms with Crippen LogP contribution in [-0.2, 0) is 6.54 Å². The zero-order valence-electron chi connectivity index (χ0n) is 7.38. The topological polar surface area (TPSA) is 35.8 Å². The average molecular weight is 259 g/mol. The van der Waals surface area contributed by atoms with Crippen LogP contribution in [0.2, 0.25) is 0 Å². The van der Waals surface area contributed by atoms with Crippen molar-refractivity contribution in [3.63, 3.8) is 0 Å². The largest absolute Gasteiger partial charge is 0.297 e. The molecule has 70 valence electrons. The molecule has 1 heterocycles. The normalized spacial score (nSPS) is 12.4. The Morgan fingerprint density at radius 2 is 2.54 bits per heavy atom. The van der Waals surface area contributed by atoms with Gasteiger partial charge in [0.05, 0.1) is 12.1 Å². The first-order chi connectivity index (χ1) is 6.27. The zero-order chi connectivity index (χ0) is 9.68. The Kier molecular flexibility index (Phi) is 4.43. The van der Waals surface area contributed by atoms with Crippen LogP contribution in [0.25, 0.3) is 0 Å². The standard InChI is InChI=1S/C9H11BrN2S/c1-2-7(5-11)12-6-9-8(10)3-4-13-9/h3-4,7,12H,2,6H2,1H3. The summed E-state index contributed by atoms with van der Waals surface area (Å²) < 4.78 is 1.12. The van der Waals surface area contributed by atoms with Crippen LogP contribution in [0.15, 0.2) is 15.9 Å². The van der Waals surface area contributed by atoms with Crippen molar-refractivity contribution in [1.82, 2.24) is 5.32 Å². The highest BCUT2D eigenvalue weighted by atomic mass is 79.9. The Morgan fingerprint density at radius 3 is 3.00 bits per heavy atom. The number of nitrogens with zero attached hydrogens (tertiary/aromatic N) is 1. The first-order valence-corrected chi connectivity index (χ1v) is 5.80. The van der Waals surface area contributed by atoms with Gasteiger partial charge in [-0.2, -0.15) is 5.26 Å². The van der Waals surface area contributed by atoms with Gasteiger partial charge in [0.1, 0.15) is 0 Å². The van der Waals surface area contributed by atoms with Crippen molar-refractivity contribution in [3.8, 4) is 6.07 Å². The third-order valence-corrected chi connectivity index (χ3v) is 3.69. The molecule has 0 bridgehead atoms. The molecule has 1 atom stereocenters. The Morgan fingerprint density at radius 1 is 1.77 bits per heavy atom. The van der Waals surface area contributed by atoms with Crippen LogP contribution < -0.4 is 5.32 Å². The lowest BCUT2D eigenvalue weighted by Gasteiger charge is -2.07. The Hall–Kier alpha value is -0.370. The number of hydrogen-bond acceptors (Lipinski definition) is 3. The highest BCUT2D eigenvalue weighted by Crippen LogP contribution is 2.22. The number of hydrogen-bond donors (Lipinski definition) is 1. The number of nitrogens with one attached hydrogen (secondary N) is 1. The SMILES string of the molecule is CCC(C#N)NCc1sccc1Br. The molecule has 1 aromatic heterocycles. The molecule has 1 rings (SSSR count). The van der Waals surface area contributed by atoms with Gasteiger partial charge in [-0.1, -0.05) is 6.92 Å². The van der Waals surface area contributed by atoms with Gasteiger partial charge in [0.2, 0.25) is 0 Å². The maximum atomic E-state index is 8.70. The van der Waals surface area contributed by atoms with Gasteiger partial charge in [-0.15, -0.1) is 11.3 Å². The molecule has 2 nitrogen and oxygen atoms in total. The molecule has 13 heavy (non-hydrogen) atoms. The van der Waals surface area contributed by atoms with E-state index in [9.17, 15) is 0 Å². The first kappa shape index (κ1) is 10.7. The smallest absolute Gasteiger partial charge is 0.0953 e. The molecular weight excluding hydrogens is 248 g/mol. The van der Waals surface area contributed by atoms with Gasteiger partial charge >= 0.3 is 0 Å². The highest BCUT2D eigenvalue weighted by molar-refractivity contribution is 9.10. The van der Waals surface area contributed by atoms with Gasteiger partial charge < -0.3 is 0 Å². The van der Waals surface area contributed by atoms with Gasteiger partial charge in [0, 0.05) is 15.9 Å². The van der Waals surface area contributed by atoms with Crippen molar-refractivity contribution in [2.24, 2.45) is 0 Å². The van der Waals surface area contributed by atoms with E-state index >= 15 is 0 Å². The van der Waals surface area contributed by atoms with Crippen molar-refractivity contribution in [2.45, 2.75) is 25.9 Å². The average Bonchev–Trinajstić information content (AvgIpc) is 2.54. The molecule has 0 fully saturated rings. The van der Waals surface area contributed by atoms with E-state index in [1.54, 1.807) is 11.3 Å². The van der Waals surface area contributed by atoms with Crippen LogP contribution in [0, 0.1) is 11.3 Å². The van der Waals surface area contributed by atoms with E-state index < -0.39 is 0 Å². The van der Waals surface area contributed by atoms with E-state index in [-0.39, 0.29) is 6.04 Å². The molecule has 0 saturated heterocycles. The van der Waals surface area contributed by atoms with Crippen LogP contribution in [0.3, 0.4) is 0 Å². The molecule has 0 aliphatic carbocycles. The summed E-state index contributed by atoms with van der Waals surface area (Å²) in [5, 5.41) is 13.9. The first-order valence-electron chi connectivity index (χ1n) is 4.12. The molecular formula is C9H11BrN2S. The van der Waals surface area contributed by atoms with Crippen LogP contribution in [-0.4, -0.2) is 6.04 Å². The van der Waals surface area contributed by atoms with Gasteiger partial charge in [-0.3, -0.25) is 5.32 Å². The molecule has 0 amide bonds. The van der Waals surface area contributed by atoms with Crippen LogP contribution in [0.1, 0.15) is 18.2 Å². The van der Waals surface area contributed by atoms with Crippen LogP contribution >= 0.6 is 27.3 Å². The summed E-state index contributed by atoms with van der Waals surface area (Å²) in [6.45, 7) is 2.77. The molecule has 0 saturated carbocycles. The Balaban J connectivity index is 2.44. The van der Waals surface area contributed by atoms with E-state index in [4.69, 9.17) is 5.26 Å². The Labute approximate surface area is 90.7 Å². The molecule has 1 aromatic rings. The fourth-order valence-corrected chi connectivity index (χ4v) is 2.39. The second kappa shape index (κ2) is 5.38. The third-order valence-electron chi connectivity index (χ3n) is 1.76. The van der Waals surface area contributed by atoms with Crippen molar-refractivity contribution in [1.29, 1.82) is 5.26 Å². The van der Waals surface area contributed by atoms with Crippen LogP contribution in [0.4, 0.5) is 0 Å². The Bertz CT molecular complexity index is 303. The lowest BCUT2D eigenvalue weighted by molar-refractivity contribution is 0.590. The van der Waals surface area contributed by atoms with Gasteiger partial charge in [-0.25, -0.2) is 0 Å². The van der Waals surface area contributed by atoms with Crippen molar-refractivity contribution >= 4 is 27.3 Å². The minimum atomic E-state index is -0.0333. The number of nitriles is 1. The molecule has 0 spiro atoms. The molecule has 1 N–H and O–H groups in total. The van der Waals surface area contributed by atoms with E-state index in [2.05, 4.69) is 27.3 Å². The number of rotatable bonds is 4. The molecule has 0 aromatic carbocycles. The number of halogens is 1. The highest BCUT2D eigenvalue weighted by Gasteiger charge is 2.05. The zero-order valence-corrected chi connectivity index (χ0v) is 9.78. The van der Waals surface area contributed by atoms with E-state index in [0.29, 0.717) is 0 Å². The predicted octanol–water partition coefficient (Wildman–Crippen LogP) is 2.90. The molecule has 0 aliphatic rings. The fraction of sp³-hybridized carbons (Fsp3) is 0.444. The van der Waals surface area contributed by atoms with Crippen molar-refractivity contribution in [2.75, 3.05) is 0 Å². The third kappa shape index (κ3) is 3.11. The van der Waals surface area contributed by atoms with E-state index in [1.807, 2.05) is 18.4 Å². The molecule has 1 unspecified atom stereocenters. The van der Waals surface area contributed by atoms with Gasteiger partial charge in [0.15, 0.2) is 0 Å². The van der Waals surface area contributed by atoms with Crippen molar-refractivity contribution in [3.05, 3.63) is 20.8 Å². The summed E-state index contributed by atoms with van der Waals surface area (Å²) >= 11 is 5.14. The second-order valence-electron chi connectivity index (χ2n) is 2.66. The summed E-state index contributed by atoms with van der Waals surface area (Å²) in [6.07, 6.45) is 0.847. The quantitative estimate of drug-likeness (QED) is 0.902. The van der Waals surface area contributed by atoms with E-state index in [1.165, 1.54) is 4.88 Å². The van der Waals surface area contributed by atoms with Gasteiger partial charge in [0.25, 0.3) is 0 Å². The monoisotopic (exact) mass is 258 g/mol. The molecule has 4 heteroatoms. The minimum Gasteiger partial charge on any atom is -0.297 e. The summed E-state index contributed by atoms with van der Waals surface area (Å²) in [5.41, 5.74) is 0. The van der Waals surface area contributed by atoms with Crippen LogP contribution in [0.5, 0.6) is 0 Å². The molecule has 0 radical (unpaired) electrons. The lowest BCUT2D eigenvalue weighted by atomic mass is 10.2.